The summed E-state index contributed by atoms with van der Waals surface area (Å²) in [6.07, 6.45) is 6.94. The summed E-state index contributed by atoms with van der Waals surface area (Å²) in [5.74, 6) is 0.133. The summed E-state index contributed by atoms with van der Waals surface area (Å²) in [4.78, 5) is 14.5. The molecule has 1 aromatic rings. The average Bonchev–Trinajstić information content (AvgIpc) is 3.21. The van der Waals surface area contributed by atoms with Crippen molar-refractivity contribution in [2.45, 2.75) is 64.0 Å². The van der Waals surface area contributed by atoms with Crippen LogP contribution in [0.2, 0.25) is 0 Å². The van der Waals surface area contributed by atoms with Crippen LogP contribution in [0.5, 0.6) is 0 Å². The van der Waals surface area contributed by atoms with Gasteiger partial charge in [0.15, 0.2) is 0 Å². The number of carbonyl (C=O) groups excluding carboxylic acids is 1. The fourth-order valence-corrected chi connectivity index (χ4v) is 3.63. The SMILES string of the molecule is CCCCC(N)Cc1ccc2c(c1)CCN2C(=O)C1CCCO1. The van der Waals surface area contributed by atoms with E-state index in [4.69, 9.17) is 10.5 Å². The number of anilines is 1. The molecule has 2 unspecified atom stereocenters. The van der Waals surface area contributed by atoms with Crippen molar-refractivity contribution in [2.75, 3.05) is 18.1 Å². The summed E-state index contributed by atoms with van der Waals surface area (Å²) in [5.41, 5.74) is 9.85. The van der Waals surface area contributed by atoms with Gasteiger partial charge in [0.1, 0.15) is 6.10 Å². The van der Waals surface area contributed by atoms with Crippen molar-refractivity contribution in [3.05, 3.63) is 29.3 Å². The van der Waals surface area contributed by atoms with Gasteiger partial charge in [0.2, 0.25) is 0 Å². The molecule has 2 heterocycles. The topological polar surface area (TPSA) is 55.6 Å². The number of amides is 1. The van der Waals surface area contributed by atoms with E-state index in [1.165, 1.54) is 24.0 Å². The molecule has 0 aromatic heterocycles. The molecule has 4 heteroatoms. The Balaban J connectivity index is 1.66. The molecule has 0 bridgehead atoms. The lowest BCUT2D eigenvalue weighted by Crippen LogP contribution is -2.37. The van der Waals surface area contributed by atoms with Gasteiger partial charge in [0.25, 0.3) is 5.91 Å². The highest BCUT2D eigenvalue weighted by molar-refractivity contribution is 5.98. The molecule has 1 saturated heterocycles. The molecule has 23 heavy (non-hydrogen) atoms. The number of unbranched alkanes of at least 4 members (excludes halogenated alkanes) is 1. The van der Waals surface area contributed by atoms with Gasteiger partial charge >= 0.3 is 0 Å². The molecular weight excluding hydrogens is 288 g/mol. The molecule has 4 nitrogen and oxygen atoms in total. The Bertz CT molecular complexity index is 552. The van der Waals surface area contributed by atoms with Crippen molar-refractivity contribution in [3.8, 4) is 0 Å². The van der Waals surface area contributed by atoms with Gasteiger partial charge in [-0.25, -0.2) is 0 Å². The maximum Gasteiger partial charge on any atom is 0.256 e. The third kappa shape index (κ3) is 3.75. The van der Waals surface area contributed by atoms with E-state index < -0.39 is 0 Å². The van der Waals surface area contributed by atoms with E-state index in [9.17, 15) is 4.79 Å². The lowest BCUT2D eigenvalue weighted by Gasteiger charge is -2.21. The molecule has 0 saturated carbocycles. The third-order valence-corrected chi connectivity index (χ3v) is 4.94. The first-order chi connectivity index (χ1) is 11.2. The first kappa shape index (κ1) is 16.5. The minimum absolute atomic E-state index is 0.133. The zero-order valence-corrected chi connectivity index (χ0v) is 14.1. The van der Waals surface area contributed by atoms with Gasteiger partial charge in [-0.05, 0) is 49.3 Å². The quantitative estimate of drug-likeness (QED) is 0.878. The molecule has 3 rings (SSSR count). The van der Waals surface area contributed by atoms with Gasteiger partial charge in [-0.2, -0.15) is 0 Å². The minimum atomic E-state index is -0.233. The highest BCUT2D eigenvalue weighted by atomic mass is 16.5. The van der Waals surface area contributed by atoms with Crippen LogP contribution in [0, 0.1) is 0 Å². The number of rotatable bonds is 6. The number of nitrogens with zero attached hydrogens (tertiary/aromatic N) is 1. The van der Waals surface area contributed by atoms with Gasteiger partial charge in [0, 0.05) is 24.9 Å². The van der Waals surface area contributed by atoms with Gasteiger partial charge in [0.05, 0.1) is 0 Å². The summed E-state index contributed by atoms with van der Waals surface area (Å²) in [5, 5.41) is 0. The van der Waals surface area contributed by atoms with E-state index >= 15 is 0 Å². The van der Waals surface area contributed by atoms with Crippen LogP contribution in [0.3, 0.4) is 0 Å². The van der Waals surface area contributed by atoms with E-state index in [1.54, 1.807) is 0 Å². The standard InChI is InChI=1S/C19H28N2O2/c1-2-3-5-16(20)13-14-7-8-17-15(12-14)9-10-21(17)19(22)18-6-4-11-23-18/h7-8,12,16,18H,2-6,9-11,13,20H2,1H3. The van der Waals surface area contributed by atoms with Gasteiger partial charge in [-0.3, -0.25) is 4.79 Å². The van der Waals surface area contributed by atoms with Crippen LogP contribution in [-0.4, -0.2) is 31.2 Å². The molecule has 0 aliphatic carbocycles. The van der Waals surface area contributed by atoms with Crippen LogP contribution >= 0.6 is 0 Å². The Kier molecular flexibility index (Phi) is 5.34. The maximum absolute atomic E-state index is 12.6. The molecule has 0 spiro atoms. The Morgan fingerprint density at radius 3 is 3.09 bits per heavy atom. The molecule has 2 aliphatic heterocycles. The second-order valence-electron chi connectivity index (χ2n) is 6.81. The number of hydrogen-bond donors (Lipinski definition) is 1. The molecule has 1 amide bonds. The highest BCUT2D eigenvalue weighted by Gasteiger charge is 2.32. The molecule has 2 atom stereocenters. The summed E-state index contributed by atoms with van der Waals surface area (Å²) < 4.78 is 5.55. The van der Waals surface area contributed by atoms with E-state index in [0.717, 1.165) is 44.3 Å². The van der Waals surface area contributed by atoms with Crippen molar-refractivity contribution >= 4 is 11.6 Å². The fraction of sp³-hybridized carbons (Fsp3) is 0.632. The summed E-state index contributed by atoms with van der Waals surface area (Å²) in [6, 6.07) is 6.70. The van der Waals surface area contributed by atoms with Crippen LogP contribution < -0.4 is 10.6 Å². The fourth-order valence-electron chi connectivity index (χ4n) is 3.63. The number of benzene rings is 1. The Labute approximate surface area is 139 Å². The molecule has 1 fully saturated rings. The molecule has 0 radical (unpaired) electrons. The van der Waals surface area contributed by atoms with Crippen molar-refractivity contribution in [2.24, 2.45) is 5.73 Å². The molecule has 2 aliphatic rings. The first-order valence-electron chi connectivity index (χ1n) is 8.99. The number of nitrogens with two attached hydrogens (primary N) is 1. The minimum Gasteiger partial charge on any atom is -0.368 e. The predicted octanol–water partition coefficient (Wildman–Crippen LogP) is 2.81. The molecule has 126 valence electrons. The van der Waals surface area contributed by atoms with Crippen molar-refractivity contribution in [1.82, 2.24) is 0 Å². The van der Waals surface area contributed by atoms with Gasteiger partial charge in [-0.1, -0.05) is 31.9 Å². The van der Waals surface area contributed by atoms with Crippen LogP contribution in [0.1, 0.15) is 50.2 Å². The first-order valence-corrected chi connectivity index (χ1v) is 8.99. The van der Waals surface area contributed by atoms with Crippen LogP contribution in [0.15, 0.2) is 18.2 Å². The third-order valence-electron chi connectivity index (χ3n) is 4.94. The van der Waals surface area contributed by atoms with Gasteiger partial charge in [-0.15, -0.1) is 0 Å². The number of hydrogen-bond acceptors (Lipinski definition) is 3. The van der Waals surface area contributed by atoms with Crippen LogP contribution in [-0.2, 0) is 22.4 Å². The predicted molar refractivity (Wildman–Crippen MR) is 92.7 cm³/mol. The van der Waals surface area contributed by atoms with Crippen LogP contribution in [0.4, 0.5) is 5.69 Å². The molecule has 1 aromatic carbocycles. The maximum atomic E-state index is 12.6. The van der Waals surface area contributed by atoms with Gasteiger partial charge < -0.3 is 15.4 Å². The zero-order valence-electron chi connectivity index (χ0n) is 14.1. The second kappa shape index (κ2) is 7.45. The van der Waals surface area contributed by atoms with E-state index in [-0.39, 0.29) is 18.1 Å². The zero-order chi connectivity index (χ0) is 16.2. The summed E-state index contributed by atoms with van der Waals surface area (Å²) in [7, 11) is 0. The number of ether oxygens (including phenoxy) is 1. The Morgan fingerprint density at radius 2 is 2.35 bits per heavy atom. The summed E-state index contributed by atoms with van der Waals surface area (Å²) >= 11 is 0. The van der Waals surface area contributed by atoms with Crippen LogP contribution in [0.25, 0.3) is 0 Å². The Hall–Kier alpha value is -1.39. The number of carbonyl (C=O) groups is 1. The smallest absolute Gasteiger partial charge is 0.256 e. The highest BCUT2D eigenvalue weighted by Crippen LogP contribution is 2.31. The largest absolute Gasteiger partial charge is 0.368 e. The van der Waals surface area contributed by atoms with Crippen molar-refractivity contribution < 1.29 is 9.53 Å². The van der Waals surface area contributed by atoms with E-state index in [0.29, 0.717) is 6.61 Å². The lowest BCUT2D eigenvalue weighted by molar-refractivity contribution is -0.127. The van der Waals surface area contributed by atoms with E-state index in [1.807, 2.05) is 4.90 Å². The lowest BCUT2D eigenvalue weighted by atomic mass is 9.99. The number of fused-ring (bicyclic) bond motifs is 1. The summed E-state index contributed by atoms with van der Waals surface area (Å²) in [6.45, 7) is 3.69. The monoisotopic (exact) mass is 316 g/mol. The molecular formula is C19H28N2O2. The Morgan fingerprint density at radius 1 is 1.48 bits per heavy atom. The average molecular weight is 316 g/mol. The van der Waals surface area contributed by atoms with Crippen molar-refractivity contribution in [1.29, 1.82) is 0 Å². The normalized spacial score (nSPS) is 21.5. The molecule has 2 N–H and O–H groups in total. The van der Waals surface area contributed by atoms with E-state index in [2.05, 4.69) is 25.1 Å². The van der Waals surface area contributed by atoms with Crippen molar-refractivity contribution in [3.63, 3.8) is 0 Å². The second-order valence-corrected chi connectivity index (χ2v) is 6.81.